The Morgan fingerprint density at radius 3 is 2.47 bits per heavy atom. The van der Waals surface area contributed by atoms with Gasteiger partial charge in [-0.2, -0.15) is 0 Å². The van der Waals surface area contributed by atoms with Gasteiger partial charge >= 0.3 is 0 Å². The van der Waals surface area contributed by atoms with Gasteiger partial charge in [-0.1, -0.05) is 12.8 Å². The predicted octanol–water partition coefficient (Wildman–Crippen LogP) is 2.39. The number of nitrogens with zero attached hydrogens (tertiary/aromatic N) is 1. The predicted molar refractivity (Wildman–Crippen MR) is 65.1 cm³/mol. The Hall–Kier alpha value is -0.0800. The maximum atomic E-state index is 3.65. The summed E-state index contributed by atoms with van der Waals surface area (Å²) in [7, 11) is 0. The second kappa shape index (κ2) is 4.42. The molecule has 15 heavy (non-hydrogen) atoms. The SMILES string of the molecule is CC1CCN(C2CCCC2)C(C)(C)CN1. The van der Waals surface area contributed by atoms with E-state index >= 15 is 0 Å². The zero-order chi connectivity index (χ0) is 10.9. The van der Waals surface area contributed by atoms with Crippen molar-refractivity contribution in [1.82, 2.24) is 10.2 Å². The van der Waals surface area contributed by atoms with Crippen molar-refractivity contribution in [3.63, 3.8) is 0 Å². The molecule has 0 radical (unpaired) electrons. The van der Waals surface area contributed by atoms with Gasteiger partial charge in [0.2, 0.25) is 0 Å². The Labute approximate surface area is 94.4 Å². The van der Waals surface area contributed by atoms with Crippen LogP contribution in [0.25, 0.3) is 0 Å². The summed E-state index contributed by atoms with van der Waals surface area (Å²) in [5.74, 6) is 0. The molecule has 0 spiro atoms. The van der Waals surface area contributed by atoms with E-state index in [1.54, 1.807) is 0 Å². The second-order valence-corrected chi connectivity index (χ2v) is 6.01. The largest absolute Gasteiger partial charge is 0.312 e. The fraction of sp³-hybridized carbons (Fsp3) is 1.00. The van der Waals surface area contributed by atoms with Gasteiger partial charge in [-0.05, 0) is 40.0 Å². The van der Waals surface area contributed by atoms with Crippen LogP contribution in [-0.4, -0.2) is 35.6 Å². The van der Waals surface area contributed by atoms with Gasteiger partial charge in [0.1, 0.15) is 0 Å². The summed E-state index contributed by atoms with van der Waals surface area (Å²) in [6, 6.07) is 1.56. The lowest BCUT2D eigenvalue weighted by molar-refractivity contribution is 0.0823. The lowest BCUT2D eigenvalue weighted by Gasteiger charge is -2.41. The molecule has 1 saturated carbocycles. The van der Waals surface area contributed by atoms with E-state index in [0.717, 1.165) is 12.6 Å². The summed E-state index contributed by atoms with van der Waals surface area (Å²) >= 11 is 0. The first kappa shape index (κ1) is 11.4. The number of hydrogen-bond acceptors (Lipinski definition) is 2. The van der Waals surface area contributed by atoms with Crippen LogP contribution < -0.4 is 5.32 Å². The molecule has 1 saturated heterocycles. The van der Waals surface area contributed by atoms with E-state index in [2.05, 4.69) is 31.0 Å². The van der Waals surface area contributed by atoms with Crippen molar-refractivity contribution in [2.45, 2.75) is 70.5 Å². The minimum Gasteiger partial charge on any atom is -0.312 e. The molecule has 1 aliphatic heterocycles. The van der Waals surface area contributed by atoms with Gasteiger partial charge in [-0.25, -0.2) is 0 Å². The summed E-state index contributed by atoms with van der Waals surface area (Å²) in [6.45, 7) is 9.54. The van der Waals surface area contributed by atoms with Crippen LogP contribution in [0.15, 0.2) is 0 Å². The molecule has 2 aliphatic rings. The topological polar surface area (TPSA) is 15.3 Å². The van der Waals surface area contributed by atoms with Crippen LogP contribution in [0.2, 0.25) is 0 Å². The van der Waals surface area contributed by atoms with Crippen molar-refractivity contribution >= 4 is 0 Å². The lowest BCUT2D eigenvalue weighted by atomic mass is 9.99. The van der Waals surface area contributed by atoms with Crippen LogP contribution in [0.4, 0.5) is 0 Å². The lowest BCUT2D eigenvalue weighted by Crippen LogP contribution is -2.52. The minimum absolute atomic E-state index is 0.347. The van der Waals surface area contributed by atoms with Crippen LogP contribution in [-0.2, 0) is 0 Å². The Kier molecular flexibility index (Phi) is 3.36. The van der Waals surface area contributed by atoms with E-state index in [4.69, 9.17) is 0 Å². The highest BCUT2D eigenvalue weighted by atomic mass is 15.3. The zero-order valence-electron chi connectivity index (χ0n) is 10.6. The van der Waals surface area contributed by atoms with Crippen LogP contribution in [0, 0.1) is 0 Å². The maximum absolute atomic E-state index is 3.65. The summed E-state index contributed by atoms with van der Waals surface area (Å²) in [5, 5.41) is 3.65. The molecule has 88 valence electrons. The molecular weight excluding hydrogens is 184 g/mol. The highest BCUT2D eigenvalue weighted by Crippen LogP contribution is 2.30. The van der Waals surface area contributed by atoms with Crippen molar-refractivity contribution in [1.29, 1.82) is 0 Å². The van der Waals surface area contributed by atoms with Gasteiger partial charge in [0, 0.05) is 30.7 Å². The zero-order valence-corrected chi connectivity index (χ0v) is 10.6. The van der Waals surface area contributed by atoms with E-state index in [1.165, 1.54) is 38.6 Å². The van der Waals surface area contributed by atoms with Crippen molar-refractivity contribution in [3.8, 4) is 0 Å². The molecule has 0 aromatic rings. The number of nitrogens with one attached hydrogen (secondary N) is 1. The Bertz CT molecular complexity index is 207. The van der Waals surface area contributed by atoms with E-state index < -0.39 is 0 Å². The molecule has 2 fully saturated rings. The molecule has 2 heteroatoms. The second-order valence-electron chi connectivity index (χ2n) is 6.01. The smallest absolute Gasteiger partial charge is 0.0280 e. The van der Waals surface area contributed by atoms with Gasteiger partial charge in [-0.3, -0.25) is 4.90 Å². The van der Waals surface area contributed by atoms with Crippen molar-refractivity contribution in [2.75, 3.05) is 13.1 Å². The van der Waals surface area contributed by atoms with Gasteiger partial charge in [0.05, 0.1) is 0 Å². The highest BCUT2D eigenvalue weighted by Gasteiger charge is 2.35. The average Bonchev–Trinajstić information content (AvgIpc) is 2.64. The molecule has 2 nitrogen and oxygen atoms in total. The number of hydrogen-bond donors (Lipinski definition) is 1. The molecule has 0 amide bonds. The van der Waals surface area contributed by atoms with Crippen molar-refractivity contribution < 1.29 is 0 Å². The normalized spacial score (nSPS) is 34.2. The van der Waals surface area contributed by atoms with E-state index in [0.29, 0.717) is 11.6 Å². The fourth-order valence-electron chi connectivity index (χ4n) is 3.16. The van der Waals surface area contributed by atoms with Crippen molar-refractivity contribution in [2.24, 2.45) is 0 Å². The molecule has 1 aliphatic carbocycles. The van der Waals surface area contributed by atoms with E-state index in [1.807, 2.05) is 0 Å². The molecule has 1 unspecified atom stereocenters. The minimum atomic E-state index is 0.347. The molecule has 0 aromatic carbocycles. The van der Waals surface area contributed by atoms with E-state index in [-0.39, 0.29) is 0 Å². The van der Waals surface area contributed by atoms with Crippen LogP contribution in [0.5, 0.6) is 0 Å². The third-order valence-corrected chi connectivity index (χ3v) is 4.23. The Balaban J connectivity index is 2.05. The van der Waals surface area contributed by atoms with Gasteiger partial charge in [0.25, 0.3) is 0 Å². The first-order valence-corrected chi connectivity index (χ1v) is 6.60. The van der Waals surface area contributed by atoms with Gasteiger partial charge in [0.15, 0.2) is 0 Å². The number of rotatable bonds is 1. The summed E-state index contributed by atoms with van der Waals surface area (Å²) < 4.78 is 0. The third-order valence-electron chi connectivity index (χ3n) is 4.23. The van der Waals surface area contributed by atoms with Crippen LogP contribution in [0.1, 0.15) is 52.9 Å². The third kappa shape index (κ3) is 2.54. The standard InChI is InChI=1S/C13H26N2/c1-11-8-9-15(12-6-4-5-7-12)13(2,3)10-14-11/h11-12,14H,4-10H2,1-3H3. The van der Waals surface area contributed by atoms with Crippen LogP contribution in [0.3, 0.4) is 0 Å². The molecule has 1 heterocycles. The molecule has 1 N–H and O–H groups in total. The summed E-state index contributed by atoms with van der Waals surface area (Å²) in [5.41, 5.74) is 0.347. The molecular formula is C13H26N2. The van der Waals surface area contributed by atoms with E-state index in [9.17, 15) is 0 Å². The van der Waals surface area contributed by atoms with Gasteiger partial charge < -0.3 is 5.32 Å². The highest BCUT2D eigenvalue weighted by molar-refractivity contribution is 4.93. The first-order valence-electron chi connectivity index (χ1n) is 6.60. The first-order chi connectivity index (χ1) is 7.09. The van der Waals surface area contributed by atoms with Crippen molar-refractivity contribution in [3.05, 3.63) is 0 Å². The summed E-state index contributed by atoms with van der Waals surface area (Å²) in [6.07, 6.45) is 7.05. The van der Waals surface area contributed by atoms with Crippen LogP contribution >= 0.6 is 0 Å². The monoisotopic (exact) mass is 210 g/mol. The fourth-order valence-corrected chi connectivity index (χ4v) is 3.16. The summed E-state index contributed by atoms with van der Waals surface area (Å²) in [4.78, 5) is 2.77. The van der Waals surface area contributed by atoms with Gasteiger partial charge in [-0.15, -0.1) is 0 Å². The Morgan fingerprint density at radius 2 is 1.80 bits per heavy atom. The Morgan fingerprint density at radius 1 is 1.13 bits per heavy atom. The average molecular weight is 210 g/mol. The quantitative estimate of drug-likeness (QED) is 0.715. The maximum Gasteiger partial charge on any atom is 0.0280 e. The molecule has 2 rings (SSSR count). The molecule has 1 atom stereocenters. The molecule has 0 aromatic heterocycles. The molecule has 0 bridgehead atoms.